The Labute approximate surface area is 320 Å². The number of carbonyl (C=O) groups excluding carboxylic acids is 6. The molecule has 1 aromatic heterocycles. The van der Waals surface area contributed by atoms with Crippen molar-refractivity contribution in [3.63, 3.8) is 0 Å². The molecule has 4 rings (SSSR count). The molecule has 16 heteroatoms. The van der Waals surface area contributed by atoms with Gasteiger partial charge in [-0.3, -0.25) is 19.2 Å². The van der Waals surface area contributed by atoms with Gasteiger partial charge in [0.2, 0.25) is 23.6 Å². The van der Waals surface area contributed by atoms with Gasteiger partial charge in [0, 0.05) is 24.9 Å². The van der Waals surface area contributed by atoms with Crippen LogP contribution in [0.15, 0.2) is 73.2 Å². The standard InChI is InChI=1S/C39H51N7O9/c1-25(33(47)44-30(19-29-20-40-24-41-29)34(48)43-26(2)37(51)54-22-28-15-10-7-11-16-28)42-35(49)32-17-12-18-46(32)36(50)31(45-38(52)55-39(3,4)5)23-53-21-27-13-8-6-9-14-27/h6-11,13-16,20,24-26,30-32H,12,17-19,21-23H2,1-5H3,(H,40,41)(H,42,49)(H,43,48)(H,44,47)(H,45,52)/t25-,26-,30+,31-,32+/m1/s1. The third-order valence-electron chi connectivity index (χ3n) is 8.52. The van der Waals surface area contributed by atoms with Crippen molar-refractivity contribution in [3.8, 4) is 0 Å². The van der Waals surface area contributed by atoms with Gasteiger partial charge in [0.05, 0.1) is 19.5 Å². The average Bonchev–Trinajstić information content (AvgIpc) is 3.86. The summed E-state index contributed by atoms with van der Waals surface area (Å²) in [5.41, 5.74) is 1.38. The summed E-state index contributed by atoms with van der Waals surface area (Å²) >= 11 is 0. The smallest absolute Gasteiger partial charge is 0.408 e. The molecule has 0 bridgehead atoms. The molecule has 5 N–H and O–H groups in total. The summed E-state index contributed by atoms with van der Waals surface area (Å²) in [7, 11) is 0. The Morgan fingerprint density at radius 3 is 2.11 bits per heavy atom. The first-order valence-corrected chi connectivity index (χ1v) is 18.2. The summed E-state index contributed by atoms with van der Waals surface area (Å²) in [6, 6.07) is 13.0. The molecule has 1 saturated heterocycles. The second-order valence-electron chi connectivity index (χ2n) is 14.3. The van der Waals surface area contributed by atoms with Crippen LogP contribution in [0.3, 0.4) is 0 Å². The second kappa shape index (κ2) is 20.1. The minimum atomic E-state index is -1.16. The Kier molecular flexibility index (Phi) is 15.3. The number of alkyl carbamates (subject to hydrolysis) is 1. The minimum absolute atomic E-state index is 0.00725. The lowest BCUT2D eigenvalue weighted by Gasteiger charge is -2.30. The molecule has 0 radical (unpaired) electrons. The molecule has 55 heavy (non-hydrogen) atoms. The van der Waals surface area contributed by atoms with Crippen molar-refractivity contribution in [1.82, 2.24) is 36.1 Å². The van der Waals surface area contributed by atoms with Crippen molar-refractivity contribution >= 4 is 35.7 Å². The van der Waals surface area contributed by atoms with Crippen molar-refractivity contribution in [1.29, 1.82) is 0 Å². The third-order valence-corrected chi connectivity index (χ3v) is 8.52. The molecule has 1 aliphatic heterocycles. The highest BCUT2D eigenvalue weighted by Gasteiger charge is 2.39. The fourth-order valence-electron chi connectivity index (χ4n) is 5.72. The number of aromatic amines is 1. The molecule has 0 spiro atoms. The minimum Gasteiger partial charge on any atom is -0.459 e. The quantitative estimate of drug-likeness (QED) is 0.127. The number of amides is 5. The number of esters is 1. The lowest BCUT2D eigenvalue weighted by molar-refractivity contribution is -0.148. The number of nitrogens with zero attached hydrogens (tertiary/aromatic N) is 2. The number of carbonyl (C=O) groups is 6. The summed E-state index contributed by atoms with van der Waals surface area (Å²) in [5.74, 6) is -3.12. The fraction of sp³-hybridized carbons (Fsp3) is 0.462. The first kappa shape index (κ1) is 42.0. The van der Waals surface area contributed by atoms with Gasteiger partial charge < -0.3 is 45.4 Å². The number of nitrogens with one attached hydrogen (secondary N) is 5. The maximum Gasteiger partial charge on any atom is 0.408 e. The first-order valence-electron chi connectivity index (χ1n) is 18.2. The fourth-order valence-corrected chi connectivity index (χ4v) is 5.72. The van der Waals surface area contributed by atoms with Crippen LogP contribution < -0.4 is 21.3 Å². The van der Waals surface area contributed by atoms with Crippen molar-refractivity contribution in [2.24, 2.45) is 0 Å². The van der Waals surface area contributed by atoms with Gasteiger partial charge in [-0.15, -0.1) is 0 Å². The molecule has 2 aromatic carbocycles. The molecular formula is C39H51N7O9. The molecule has 1 aliphatic rings. The molecular weight excluding hydrogens is 710 g/mol. The molecule has 3 aromatic rings. The maximum atomic E-state index is 13.9. The monoisotopic (exact) mass is 761 g/mol. The van der Waals surface area contributed by atoms with E-state index in [0.717, 1.165) is 11.1 Å². The molecule has 2 heterocycles. The molecule has 5 atom stereocenters. The summed E-state index contributed by atoms with van der Waals surface area (Å²) in [5, 5.41) is 10.5. The zero-order valence-corrected chi connectivity index (χ0v) is 31.8. The summed E-state index contributed by atoms with van der Waals surface area (Å²) in [6.45, 7) is 8.29. The van der Waals surface area contributed by atoms with Gasteiger partial charge in [-0.25, -0.2) is 14.6 Å². The van der Waals surface area contributed by atoms with Gasteiger partial charge in [0.15, 0.2) is 0 Å². The van der Waals surface area contributed by atoms with Crippen LogP contribution in [0.2, 0.25) is 0 Å². The molecule has 0 saturated carbocycles. The van der Waals surface area contributed by atoms with Gasteiger partial charge in [0.25, 0.3) is 0 Å². The van der Waals surface area contributed by atoms with Crippen LogP contribution in [-0.4, -0.2) is 99.5 Å². The number of likely N-dealkylation sites (tertiary alicyclic amines) is 1. The van der Waals surface area contributed by atoms with Gasteiger partial charge in [0.1, 0.15) is 42.4 Å². The number of imidazole rings is 1. The number of H-pyrrole nitrogens is 1. The number of rotatable bonds is 17. The van der Waals surface area contributed by atoms with Gasteiger partial charge in [-0.2, -0.15) is 0 Å². The Balaban J connectivity index is 1.37. The molecule has 1 fully saturated rings. The number of benzene rings is 2. The zero-order valence-electron chi connectivity index (χ0n) is 31.8. The Bertz CT molecular complexity index is 1730. The SMILES string of the molecule is C[C@@H](NC(=O)[C@@H]1CCCN1C(=O)[C@@H](COCc1ccccc1)NC(=O)OC(C)(C)C)C(=O)N[C@@H](Cc1cnc[nH]1)C(=O)N[C@H](C)C(=O)OCc1ccccc1. The topological polar surface area (TPSA) is 210 Å². The average molecular weight is 762 g/mol. The maximum absolute atomic E-state index is 13.9. The predicted molar refractivity (Wildman–Crippen MR) is 200 cm³/mol. The Morgan fingerprint density at radius 2 is 1.49 bits per heavy atom. The summed E-state index contributed by atoms with van der Waals surface area (Å²) < 4.78 is 16.5. The van der Waals surface area contributed by atoms with E-state index in [4.69, 9.17) is 14.2 Å². The largest absolute Gasteiger partial charge is 0.459 e. The predicted octanol–water partition coefficient (Wildman–Crippen LogP) is 2.29. The number of hydrogen-bond acceptors (Lipinski definition) is 10. The van der Waals surface area contributed by atoms with Crippen LogP contribution in [0.5, 0.6) is 0 Å². The highest BCUT2D eigenvalue weighted by atomic mass is 16.6. The van der Waals surface area contributed by atoms with Crippen molar-refractivity contribution in [2.45, 2.75) is 103 Å². The molecule has 0 unspecified atom stereocenters. The van der Waals surface area contributed by atoms with Crippen molar-refractivity contribution in [2.75, 3.05) is 13.2 Å². The number of hydrogen-bond donors (Lipinski definition) is 5. The molecule has 16 nitrogen and oxygen atoms in total. The van der Waals surface area contributed by atoms with E-state index in [2.05, 4.69) is 31.2 Å². The number of ether oxygens (including phenoxy) is 3. The first-order chi connectivity index (χ1) is 26.2. The van der Waals surface area contributed by atoms with E-state index in [9.17, 15) is 28.8 Å². The van der Waals surface area contributed by atoms with Crippen LogP contribution in [-0.2, 0) is 57.8 Å². The van der Waals surface area contributed by atoms with E-state index in [1.54, 1.807) is 32.9 Å². The van der Waals surface area contributed by atoms with E-state index in [1.165, 1.54) is 31.3 Å². The van der Waals surface area contributed by atoms with Gasteiger partial charge in [-0.1, -0.05) is 60.7 Å². The van der Waals surface area contributed by atoms with E-state index in [0.29, 0.717) is 18.5 Å². The Hall–Kier alpha value is -5.77. The van der Waals surface area contributed by atoms with Crippen LogP contribution >= 0.6 is 0 Å². The van der Waals surface area contributed by atoms with Gasteiger partial charge in [-0.05, 0) is 58.6 Å². The highest BCUT2D eigenvalue weighted by Crippen LogP contribution is 2.20. The highest BCUT2D eigenvalue weighted by molar-refractivity contribution is 5.96. The molecule has 5 amide bonds. The van der Waals surface area contributed by atoms with E-state index in [1.807, 2.05) is 48.5 Å². The lowest BCUT2D eigenvalue weighted by atomic mass is 10.1. The second-order valence-corrected chi connectivity index (χ2v) is 14.3. The molecule has 296 valence electrons. The van der Waals surface area contributed by atoms with E-state index in [-0.39, 0.29) is 32.8 Å². The zero-order chi connectivity index (χ0) is 40.0. The van der Waals surface area contributed by atoms with Crippen LogP contribution in [0, 0.1) is 0 Å². The molecule has 0 aliphatic carbocycles. The Morgan fingerprint density at radius 1 is 0.836 bits per heavy atom. The normalized spacial score (nSPS) is 16.2. The number of aromatic nitrogens is 2. The van der Waals surface area contributed by atoms with Crippen molar-refractivity contribution in [3.05, 3.63) is 90.0 Å². The van der Waals surface area contributed by atoms with E-state index < -0.39 is 71.5 Å². The summed E-state index contributed by atoms with van der Waals surface area (Å²) in [4.78, 5) is 87.9. The van der Waals surface area contributed by atoms with Gasteiger partial charge >= 0.3 is 12.1 Å². The summed E-state index contributed by atoms with van der Waals surface area (Å²) in [6.07, 6.45) is 2.94. The van der Waals surface area contributed by atoms with Crippen molar-refractivity contribution < 1.29 is 43.0 Å². The van der Waals surface area contributed by atoms with Crippen LogP contribution in [0.25, 0.3) is 0 Å². The van der Waals surface area contributed by atoms with E-state index >= 15 is 0 Å². The van der Waals surface area contributed by atoms with Crippen LogP contribution in [0.1, 0.15) is 64.3 Å². The third kappa shape index (κ3) is 13.5. The lowest BCUT2D eigenvalue weighted by Crippen LogP contribution is -2.58. The van der Waals surface area contributed by atoms with Crippen LogP contribution in [0.4, 0.5) is 4.79 Å².